The van der Waals surface area contributed by atoms with E-state index in [-0.39, 0.29) is 13.0 Å². The highest BCUT2D eigenvalue weighted by atomic mass is 16.5. The lowest BCUT2D eigenvalue weighted by Gasteiger charge is -2.08. The van der Waals surface area contributed by atoms with Crippen molar-refractivity contribution in [3.05, 3.63) is 71.5 Å². The van der Waals surface area contributed by atoms with Crippen LogP contribution in [0.25, 0.3) is 5.69 Å². The van der Waals surface area contributed by atoms with E-state index in [4.69, 9.17) is 9.47 Å². The van der Waals surface area contributed by atoms with Gasteiger partial charge >= 0.3 is 5.97 Å². The normalized spacial score (nSPS) is 10.5. The molecule has 0 bridgehead atoms. The number of nitrogens with zero attached hydrogens (tertiary/aromatic N) is 2. The van der Waals surface area contributed by atoms with E-state index in [9.17, 15) is 9.59 Å². The lowest BCUT2D eigenvalue weighted by atomic mass is 10.2. The maximum Gasteiger partial charge on any atom is 0.306 e. The molecule has 0 unspecified atom stereocenters. The van der Waals surface area contributed by atoms with Crippen LogP contribution >= 0.6 is 0 Å². The van der Waals surface area contributed by atoms with E-state index in [1.165, 1.54) is 0 Å². The van der Waals surface area contributed by atoms with E-state index < -0.39 is 11.9 Å². The molecule has 0 aliphatic carbocycles. The predicted octanol–water partition coefficient (Wildman–Crippen LogP) is 4.14. The van der Waals surface area contributed by atoms with Gasteiger partial charge in [0.05, 0.1) is 29.4 Å². The van der Waals surface area contributed by atoms with Crippen LogP contribution in [0, 0.1) is 20.8 Å². The minimum absolute atomic E-state index is 0.184. The van der Waals surface area contributed by atoms with E-state index in [0.29, 0.717) is 24.4 Å². The number of anilines is 1. The molecule has 0 aliphatic rings. The number of hydrogen-bond donors (Lipinski definition) is 1. The number of aryl methyl sites for hydroxylation is 2. The summed E-state index contributed by atoms with van der Waals surface area (Å²) >= 11 is 0. The summed E-state index contributed by atoms with van der Waals surface area (Å²) in [7, 11) is 0. The van der Waals surface area contributed by atoms with Crippen LogP contribution in [0.4, 0.5) is 5.69 Å². The van der Waals surface area contributed by atoms with Crippen molar-refractivity contribution >= 4 is 17.6 Å². The van der Waals surface area contributed by atoms with Crippen molar-refractivity contribution in [1.29, 1.82) is 0 Å². The van der Waals surface area contributed by atoms with E-state index in [0.717, 1.165) is 22.7 Å². The van der Waals surface area contributed by atoms with Crippen LogP contribution in [0.5, 0.6) is 5.75 Å². The van der Waals surface area contributed by atoms with Crippen molar-refractivity contribution < 1.29 is 19.1 Å². The number of benzene rings is 2. The maximum atomic E-state index is 12.3. The number of carbonyl (C=O) groups excluding carboxylic acids is 2. The summed E-state index contributed by atoms with van der Waals surface area (Å²) in [6.45, 7) is 5.77. The van der Waals surface area contributed by atoms with Gasteiger partial charge in [0.1, 0.15) is 5.75 Å². The first kappa shape index (κ1) is 22.1. The zero-order chi connectivity index (χ0) is 22.2. The van der Waals surface area contributed by atoms with Crippen LogP contribution in [0.15, 0.2) is 54.6 Å². The highest BCUT2D eigenvalue weighted by Gasteiger charge is 2.16. The van der Waals surface area contributed by atoms with Gasteiger partial charge in [0, 0.05) is 6.42 Å². The Morgan fingerprint density at radius 2 is 1.71 bits per heavy atom. The fourth-order valence-electron chi connectivity index (χ4n) is 3.08. The second-order valence-electron chi connectivity index (χ2n) is 7.27. The van der Waals surface area contributed by atoms with Crippen molar-refractivity contribution in [3.8, 4) is 11.4 Å². The zero-order valence-electron chi connectivity index (χ0n) is 18.1. The number of ether oxygens (including phenoxy) is 2. The van der Waals surface area contributed by atoms with E-state index in [1.807, 2.05) is 75.4 Å². The third-order valence-corrected chi connectivity index (χ3v) is 4.74. The molecule has 0 saturated heterocycles. The molecule has 2 aromatic carbocycles. The van der Waals surface area contributed by atoms with Crippen LogP contribution < -0.4 is 10.1 Å². The highest BCUT2D eigenvalue weighted by Crippen LogP contribution is 2.22. The zero-order valence-corrected chi connectivity index (χ0v) is 18.1. The van der Waals surface area contributed by atoms with Crippen LogP contribution in [0.1, 0.15) is 29.8 Å². The van der Waals surface area contributed by atoms with Crippen LogP contribution in [0.2, 0.25) is 0 Å². The number of para-hydroxylation sites is 1. The van der Waals surface area contributed by atoms with Gasteiger partial charge in [-0.1, -0.05) is 35.9 Å². The third-order valence-electron chi connectivity index (χ3n) is 4.74. The summed E-state index contributed by atoms with van der Waals surface area (Å²) in [5, 5.41) is 7.28. The number of aromatic nitrogens is 2. The van der Waals surface area contributed by atoms with Gasteiger partial charge < -0.3 is 14.8 Å². The van der Waals surface area contributed by atoms with Crippen molar-refractivity contribution in [2.75, 3.05) is 18.5 Å². The second kappa shape index (κ2) is 10.4. The van der Waals surface area contributed by atoms with Crippen molar-refractivity contribution in [2.45, 2.75) is 33.6 Å². The maximum absolute atomic E-state index is 12.3. The van der Waals surface area contributed by atoms with Gasteiger partial charge in [-0.3, -0.25) is 9.59 Å². The Morgan fingerprint density at radius 1 is 1.00 bits per heavy atom. The molecule has 0 atom stereocenters. The number of nitrogens with one attached hydrogen (secondary N) is 1. The molecule has 1 heterocycles. The molecule has 162 valence electrons. The average Bonchev–Trinajstić information content (AvgIpc) is 3.05. The van der Waals surface area contributed by atoms with Gasteiger partial charge in [-0.2, -0.15) is 5.10 Å². The van der Waals surface area contributed by atoms with Gasteiger partial charge in [0.25, 0.3) is 5.91 Å². The number of amides is 1. The first-order valence-electron chi connectivity index (χ1n) is 10.2. The van der Waals surface area contributed by atoms with Crippen molar-refractivity contribution in [2.24, 2.45) is 0 Å². The second-order valence-corrected chi connectivity index (χ2v) is 7.27. The molecule has 1 aromatic heterocycles. The average molecular weight is 421 g/mol. The molecule has 0 aliphatic heterocycles. The van der Waals surface area contributed by atoms with Crippen LogP contribution in [-0.2, 0) is 14.3 Å². The van der Waals surface area contributed by atoms with Gasteiger partial charge in [0.15, 0.2) is 6.61 Å². The lowest BCUT2D eigenvalue weighted by molar-refractivity contribution is -0.147. The van der Waals surface area contributed by atoms with Crippen LogP contribution in [-0.4, -0.2) is 34.9 Å². The largest absolute Gasteiger partial charge is 0.494 e. The molecule has 0 fully saturated rings. The molecule has 31 heavy (non-hydrogen) atoms. The molecule has 0 saturated carbocycles. The summed E-state index contributed by atoms with van der Waals surface area (Å²) in [5.74, 6) is -0.0701. The first-order chi connectivity index (χ1) is 14.9. The summed E-state index contributed by atoms with van der Waals surface area (Å²) in [6, 6.07) is 17.4. The Bertz CT molecular complexity index is 1030. The van der Waals surface area contributed by atoms with Crippen molar-refractivity contribution in [3.63, 3.8) is 0 Å². The Morgan fingerprint density at radius 3 is 2.42 bits per heavy atom. The van der Waals surface area contributed by atoms with E-state index in [2.05, 4.69) is 10.4 Å². The standard InChI is InChI=1S/C24H27N3O4/c1-17-11-13-21(14-12-17)30-15-7-10-23(29)31-16-22(28)25-24-18(2)26-27(19(24)3)20-8-5-4-6-9-20/h4-6,8-9,11-14H,7,10,15-16H2,1-3H3,(H,25,28). The summed E-state index contributed by atoms with van der Waals surface area (Å²) < 4.78 is 12.4. The number of hydrogen-bond acceptors (Lipinski definition) is 5. The quantitative estimate of drug-likeness (QED) is 0.415. The molecular formula is C24H27N3O4. The minimum atomic E-state index is -0.434. The molecule has 7 heteroatoms. The highest BCUT2D eigenvalue weighted by molar-refractivity contribution is 5.93. The molecular weight excluding hydrogens is 394 g/mol. The minimum Gasteiger partial charge on any atom is -0.494 e. The summed E-state index contributed by atoms with van der Waals surface area (Å²) in [5.41, 5.74) is 4.18. The van der Waals surface area contributed by atoms with Gasteiger partial charge in [-0.25, -0.2) is 4.68 Å². The van der Waals surface area contributed by atoms with Gasteiger partial charge in [-0.05, 0) is 51.5 Å². The summed E-state index contributed by atoms with van der Waals surface area (Å²) in [6.07, 6.45) is 0.694. The molecule has 3 aromatic rings. The van der Waals surface area contributed by atoms with E-state index >= 15 is 0 Å². The molecule has 3 rings (SSSR count). The Hall–Kier alpha value is -3.61. The molecule has 7 nitrogen and oxygen atoms in total. The van der Waals surface area contributed by atoms with Gasteiger partial charge in [0.2, 0.25) is 0 Å². The van der Waals surface area contributed by atoms with E-state index in [1.54, 1.807) is 4.68 Å². The number of rotatable bonds is 9. The topological polar surface area (TPSA) is 82.4 Å². The number of carbonyl (C=O) groups is 2. The Kier molecular flexibility index (Phi) is 7.43. The molecule has 0 spiro atoms. The predicted molar refractivity (Wildman–Crippen MR) is 119 cm³/mol. The lowest BCUT2D eigenvalue weighted by Crippen LogP contribution is -2.21. The van der Waals surface area contributed by atoms with Crippen LogP contribution in [0.3, 0.4) is 0 Å². The first-order valence-corrected chi connectivity index (χ1v) is 10.2. The fourth-order valence-corrected chi connectivity index (χ4v) is 3.08. The van der Waals surface area contributed by atoms with Crippen molar-refractivity contribution in [1.82, 2.24) is 9.78 Å². The molecule has 1 amide bonds. The third kappa shape index (κ3) is 6.18. The Balaban J connectivity index is 1.42. The number of esters is 1. The molecule has 0 radical (unpaired) electrons. The fraction of sp³-hybridized carbons (Fsp3) is 0.292. The smallest absolute Gasteiger partial charge is 0.306 e. The molecule has 1 N–H and O–H groups in total. The monoisotopic (exact) mass is 421 g/mol. The van der Waals surface area contributed by atoms with Gasteiger partial charge in [-0.15, -0.1) is 0 Å². The summed E-state index contributed by atoms with van der Waals surface area (Å²) in [4.78, 5) is 24.2. The Labute approximate surface area is 182 Å². The SMILES string of the molecule is Cc1ccc(OCCCC(=O)OCC(=O)Nc2c(C)nn(-c3ccccc3)c2C)cc1.